The summed E-state index contributed by atoms with van der Waals surface area (Å²) in [7, 11) is 0. The highest BCUT2D eigenvalue weighted by Crippen LogP contribution is 2.33. The van der Waals surface area contributed by atoms with E-state index < -0.39 is 0 Å². The topological polar surface area (TPSA) is 38.1 Å². The molecule has 1 fully saturated rings. The van der Waals surface area contributed by atoms with Gasteiger partial charge in [-0.1, -0.05) is 31.9 Å². The first-order valence-electron chi connectivity index (χ1n) is 8.44. The molecule has 3 rings (SSSR count). The van der Waals surface area contributed by atoms with Gasteiger partial charge in [0.15, 0.2) is 0 Å². The maximum absolute atomic E-state index is 11.9. The van der Waals surface area contributed by atoms with E-state index in [9.17, 15) is 4.79 Å². The second-order valence-electron chi connectivity index (χ2n) is 6.19. The van der Waals surface area contributed by atoms with Gasteiger partial charge in [0.05, 0.1) is 17.1 Å². The third-order valence-electron chi connectivity index (χ3n) is 4.62. The van der Waals surface area contributed by atoms with Gasteiger partial charge in [0.2, 0.25) is 5.91 Å². The normalized spacial score (nSPS) is 18.3. The predicted octanol–water partition coefficient (Wildman–Crippen LogP) is 3.91. The van der Waals surface area contributed by atoms with Gasteiger partial charge in [-0.05, 0) is 31.4 Å². The summed E-state index contributed by atoms with van der Waals surface area (Å²) < 4.78 is 2.34. The summed E-state index contributed by atoms with van der Waals surface area (Å²) in [5.74, 6) is 1.24. The van der Waals surface area contributed by atoms with Gasteiger partial charge in [-0.15, -0.1) is 0 Å². The Bertz CT molecular complexity index is 661. The summed E-state index contributed by atoms with van der Waals surface area (Å²) in [5, 5.41) is 0. The van der Waals surface area contributed by atoms with Gasteiger partial charge in [0.25, 0.3) is 0 Å². The fourth-order valence-corrected chi connectivity index (χ4v) is 3.52. The van der Waals surface area contributed by atoms with Crippen molar-refractivity contribution in [1.29, 1.82) is 0 Å². The van der Waals surface area contributed by atoms with Crippen molar-refractivity contribution in [1.82, 2.24) is 14.5 Å². The number of para-hydroxylation sites is 2. The minimum absolute atomic E-state index is 0.145. The molecule has 1 amide bonds. The van der Waals surface area contributed by atoms with Crippen LogP contribution < -0.4 is 0 Å². The van der Waals surface area contributed by atoms with Gasteiger partial charge in [-0.2, -0.15) is 0 Å². The van der Waals surface area contributed by atoms with Crippen molar-refractivity contribution < 1.29 is 4.79 Å². The second-order valence-corrected chi connectivity index (χ2v) is 6.19. The van der Waals surface area contributed by atoms with Crippen molar-refractivity contribution in [2.45, 2.75) is 58.5 Å². The first kappa shape index (κ1) is 15.1. The molecule has 1 unspecified atom stereocenters. The zero-order valence-corrected chi connectivity index (χ0v) is 13.6. The molecular weight excluding hydrogens is 274 g/mol. The van der Waals surface area contributed by atoms with Crippen LogP contribution in [0.2, 0.25) is 0 Å². The Hall–Kier alpha value is -1.84. The maximum atomic E-state index is 11.9. The highest BCUT2D eigenvalue weighted by atomic mass is 16.2. The van der Waals surface area contributed by atoms with Gasteiger partial charge in [-0.3, -0.25) is 4.79 Å². The van der Waals surface area contributed by atoms with E-state index in [0.29, 0.717) is 0 Å². The van der Waals surface area contributed by atoms with Gasteiger partial charge in [0.1, 0.15) is 5.82 Å². The number of imidazole rings is 1. The molecule has 1 aromatic carbocycles. The Labute approximate surface area is 132 Å². The van der Waals surface area contributed by atoms with Crippen molar-refractivity contribution in [3.63, 3.8) is 0 Å². The van der Waals surface area contributed by atoms with Gasteiger partial charge in [-0.25, -0.2) is 4.98 Å². The summed E-state index contributed by atoms with van der Waals surface area (Å²) in [4.78, 5) is 18.8. The smallest absolute Gasteiger partial charge is 0.220 e. The maximum Gasteiger partial charge on any atom is 0.220 e. The van der Waals surface area contributed by atoms with Gasteiger partial charge in [0, 0.05) is 20.0 Å². The molecule has 2 aromatic rings. The van der Waals surface area contributed by atoms with Crippen LogP contribution in [0.1, 0.15) is 57.8 Å². The third kappa shape index (κ3) is 2.74. The van der Waals surface area contributed by atoms with E-state index in [1.807, 2.05) is 11.0 Å². The minimum atomic E-state index is 0.145. The lowest BCUT2D eigenvalue weighted by Crippen LogP contribution is -2.29. The minimum Gasteiger partial charge on any atom is -0.333 e. The van der Waals surface area contributed by atoms with Crippen LogP contribution in [-0.2, 0) is 11.3 Å². The number of carbonyl (C=O) groups is 1. The number of nitrogens with zero attached hydrogens (tertiary/aromatic N) is 3. The fraction of sp³-hybridized carbons (Fsp3) is 0.556. The summed E-state index contributed by atoms with van der Waals surface area (Å²) in [6, 6.07) is 8.47. The molecule has 1 aliphatic heterocycles. The van der Waals surface area contributed by atoms with Crippen molar-refractivity contribution in [2.75, 3.05) is 6.54 Å². The zero-order valence-electron chi connectivity index (χ0n) is 13.6. The molecule has 0 radical (unpaired) electrons. The standard InChI is InChI=1S/C18H25N3O/c1-3-4-7-12-21-16-10-6-5-9-15(16)19-18(21)17-11-8-13-20(17)14(2)22/h5-6,9-10,17H,3-4,7-8,11-13H2,1-2H3. The largest absolute Gasteiger partial charge is 0.333 e. The van der Waals surface area contributed by atoms with E-state index in [-0.39, 0.29) is 11.9 Å². The van der Waals surface area contributed by atoms with E-state index in [2.05, 4.69) is 29.7 Å². The molecular formula is C18H25N3O. The number of unbranched alkanes of at least 4 members (excludes halogenated alkanes) is 2. The van der Waals surface area contributed by atoms with E-state index in [1.165, 1.54) is 18.4 Å². The van der Waals surface area contributed by atoms with Crippen LogP contribution in [-0.4, -0.2) is 26.9 Å². The number of hydrogen-bond donors (Lipinski definition) is 0. The number of amides is 1. The average molecular weight is 299 g/mol. The molecule has 1 saturated heterocycles. The number of hydrogen-bond acceptors (Lipinski definition) is 2. The molecule has 4 nitrogen and oxygen atoms in total. The SMILES string of the molecule is CCCCCn1c(C2CCCN2C(C)=O)nc2ccccc21. The average Bonchev–Trinajstić information content (AvgIpc) is 3.12. The van der Waals surface area contributed by atoms with E-state index in [1.54, 1.807) is 6.92 Å². The van der Waals surface area contributed by atoms with Crippen LogP contribution >= 0.6 is 0 Å². The molecule has 118 valence electrons. The lowest BCUT2D eigenvalue weighted by atomic mass is 10.2. The van der Waals surface area contributed by atoms with Crippen LogP contribution in [0.3, 0.4) is 0 Å². The van der Waals surface area contributed by atoms with Crippen molar-refractivity contribution in [3.8, 4) is 0 Å². The number of aryl methyl sites for hydroxylation is 1. The highest BCUT2D eigenvalue weighted by Gasteiger charge is 2.31. The fourth-order valence-electron chi connectivity index (χ4n) is 3.52. The molecule has 0 N–H and O–H groups in total. The number of carbonyl (C=O) groups excluding carboxylic acids is 1. The number of likely N-dealkylation sites (tertiary alicyclic amines) is 1. The molecule has 1 aromatic heterocycles. The Morgan fingerprint density at radius 2 is 2.14 bits per heavy atom. The summed E-state index contributed by atoms with van der Waals surface area (Å²) in [5.41, 5.74) is 2.24. The van der Waals surface area contributed by atoms with E-state index >= 15 is 0 Å². The summed E-state index contributed by atoms with van der Waals surface area (Å²) in [6.45, 7) is 5.74. The quantitative estimate of drug-likeness (QED) is 0.785. The molecule has 0 saturated carbocycles. The Kier molecular flexibility index (Phi) is 4.46. The molecule has 0 aliphatic carbocycles. The monoisotopic (exact) mass is 299 g/mol. The van der Waals surface area contributed by atoms with Crippen LogP contribution in [0.25, 0.3) is 11.0 Å². The lowest BCUT2D eigenvalue weighted by molar-refractivity contribution is -0.129. The van der Waals surface area contributed by atoms with Crippen molar-refractivity contribution in [2.24, 2.45) is 0 Å². The van der Waals surface area contributed by atoms with Crippen LogP contribution in [0.5, 0.6) is 0 Å². The molecule has 2 heterocycles. The number of fused-ring (bicyclic) bond motifs is 1. The van der Waals surface area contributed by atoms with Crippen LogP contribution in [0, 0.1) is 0 Å². The molecule has 0 bridgehead atoms. The lowest BCUT2D eigenvalue weighted by Gasteiger charge is -2.23. The molecule has 4 heteroatoms. The summed E-state index contributed by atoms with van der Waals surface area (Å²) in [6.07, 6.45) is 5.70. The highest BCUT2D eigenvalue weighted by molar-refractivity contribution is 5.77. The van der Waals surface area contributed by atoms with Gasteiger partial charge >= 0.3 is 0 Å². The van der Waals surface area contributed by atoms with Crippen LogP contribution in [0.4, 0.5) is 0 Å². The molecule has 1 atom stereocenters. The van der Waals surface area contributed by atoms with E-state index in [0.717, 1.165) is 43.7 Å². The number of benzene rings is 1. The molecule has 1 aliphatic rings. The zero-order chi connectivity index (χ0) is 15.5. The van der Waals surface area contributed by atoms with E-state index in [4.69, 9.17) is 4.98 Å². The first-order chi connectivity index (χ1) is 10.7. The van der Waals surface area contributed by atoms with Crippen molar-refractivity contribution in [3.05, 3.63) is 30.1 Å². The summed E-state index contributed by atoms with van der Waals surface area (Å²) >= 11 is 0. The molecule has 0 spiro atoms. The number of aromatic nitrogens is 2. The second kappa shape index (κ2) is 6.51. The molecule has 22 heavy (non-hydrogen) atoms. The Balaban J connectivity index is 2.00. The third-order valence-corrected chi connectivity index (χ3v) is 4.62. The van der Waals surface area contributed by atoms with Crippen molar-refractivity contribution >= 4 is 16.9 Å². The number of rotatable bonds is 5. The van der Waals surface area contributed by atoms with Crippen LogP contribution in [0.15, 0.2) is 24.3 Å². The predicted molar refractivity (Wildman–Crippen MR) is 88.6 cm³/mol. The van der Waals surface area contributed by atoms with Gasteiger partial charge < -0.3 is 9.47 Å². The Morgan fingerprint density at radius 1 is 1.32 bits per heavy atom. The first-order valence-corrected chi connectivity index (χ1v) is 8.44. The Morgan fingerprint density at radius 3 is 2.91 bits per heavy atom.